The zero-order valence-corrected chi connectivity index (χ0v) is 26.3. The van der Waals surface area contributed by atoms with E-state index in [1.54, 1.807) is 22.9 Å². The van der Waals surface area contributed by atoms with Crippen molar-refractivity contribution in [2.45, 2.75) is 32.7 Å². The first-order valence-electron chi connectivity index (χ1n) is 15.5. The van der Waals surface area contributed by atoms with Gasteiger partial charge in [0.05, 0.1) is 22.6 Å². The number of nitrogens with zero attached hydrogens (tertiary/aromatic N) is 6. The standard InChI is InChI=1S/C34H41N9O2/c1-5-28-29(21-42(4)40-28)38-34-37-18-22(2)31(39-34)27-20-35-32-23(9-8-11-25(27)32)17-24(43-15-13-41(3)14-16-43)19-36-33(45)26-10-6-7-12-30(26)44/h6-12,18,20-21,24,35,44H,5,13-17,19H2,1-4H3,(H,36,45)(H,37,38,39)/t24-/m1/s1. The van der Waals surface area contributed by atoms with Crippen LogP contribution in [0, 0.1) is 6.92 Å². The van der Waals surface area contributed by atoms with Gasteiger partial charge in [-0.05, 0) is 50.1 Å². The molecular formula is C34H41N9O2. The van der Waals surface area contributed by atoms with Crippen LogP contribution in [0.25, 0.3) is 22.2 Å². The third-order valence-corrected chi connectivity index (χ3v) is 8.67. The van der Waals surface area contributed by atoms with Crippen LogP contribution in [0.4, 0.5) is 11.6 Å². The fourth-order valence-electron chi connectivity index (χ4n) is 6.12. The van der Waals surface area contributed by atoms with E-state index < -0.39 is 0 Å². The number of rotatable bonds is 10. The van der Waals surface area contributed by atoms with E-state index in [2.05, 4.69) is 67.7 Å². The summed E-state index contributed by atoms with van der Waals surface area (Å²) < 4.78 is 1.80. The third-order valence-electron chi connectivity index (χ3n) is 8.67. The molecule has 1 aliphatic rings. The number of phenols is 1. The molecule has 0 unspecified atom stereocenters. The van der Waals surface area contributed by atoms with E-state index in [0.717, 1.165) is 78.1 Å². The summed E-state index contributed by atoms with van der Waals surface area (Å²) in [5.41, 5.74) is 7.25. The van der Waals surface area contributed by atoms with E-state index in [4.69, 9.17) is 4.98 Å². The lowest BCUT2D eigenvalue weighted by atomic mass is 9.99. The summed E-state index contributed by atoms with van der Waals surface area (Å²) in [6.45, 7) is 8.37. The lowest BCUT2D eigenvalue weighted by molar-refractivity contribution is 0.0884. The largest absolute Gasteiger partial charge is 0.507 e. The van der Waals surface area contributed by atoms with E-state index in [0.29, 0.717) is 12.5 Å². The van der Waals surface area contributed by atoms with Crippen molar-refractivity contribution in [1.82, 2.24) is 39.8 Å². The summed E-state index contributed by atoms with van der Waals surface area (Å²) in [6.07, 6.45) is 7.38. The van der Waals surface area contributed by atoms with Crippen molar-refractivity contribution >= 4 is 28.4 Å². The quantitative estimate of drug-likeness (QED) is 0.186. The Labute approximate surface area is 263 Å². The Hall–Kier alpha value is -4.74. The maximum atomic E-state index is 13.0. The molecule has 2 aromatic carbocycles. The highest BCUT2D eigenvalue weighted by Crippen LogP contribution is 2.33. The van der Waals surface area contributed by atoms with E-state index in [1.165, 1.54) is 11.6 Å². The first kappa shape index (κ1) is 30.3. The highest BCUT2D eigenvalue weighted by atomic mass is 16.3. The van der Waals surface area contributed by atoms with Crippen LogP contribution in [-0.2, 0) is 19.9 Å². The summed E-state index contributed by atoms with van der Waals surface area (Å²) in [5.74, 6) is 0.243. The molecule has 1 saturated heterocycles. The molecule has 0 saturated carbocycles. The predicted molar refractivity (Wildman–Crippen MR) is 177 cm³/mol. The molecule has 1 atom stereocenters. The number of piperazine rings is 1. The maximum Gasteiger partial charge on any atom is 0.255 e. The van der Waals surface area contributed by atoms with Crippen LogP contribution >= 0.6 is 0 Å². The minimum Gasteiger partial charge on any atom is -0.507 e. The molecule has 11 heteroatoms. The van der Waals surface area contributed by atoms with Gasteiger partial charge in [-0.2, -0.15) is 5.10 Å². The molecule has 4 N–H and O–H groups in total. The Morgan fingerprint density at radius 2 is 1.89 bits per heavy atom. The molecule has 1 fully saturated rings. The topological polar surface area (TPSA) is 127 Å². The number of phenolic OH excluding ortho intramolecular Hbond substituents is 1. The monoisotopic (exact) mass is 607 g/mol. The number of carbonyl (C=O) groups is 1. The molecule has 6 rings (SSSR count). The molecule has 45 heavy (non-hydrogen) atoms. The second kappa shape index (κ2) is 13.1. The number of anilines is 2. The number of carbonyl (C=O) groups excluding carboxylic acids is 1. The summed E-state index contributed by atoms with van der Waals surface area (Å²) in [4.78, 5) is 30.8. The molecule has 0 bridgehead atoms. The summed E-state index contributed by atoms with van der Waals surface area (Å²) in [7, 11) is 4.05. The predicted octanol–water partition coefficient (Wildman–Crippen LogP) is 4.27. The van der Waals surface area contributed by atoms with Crippen molar-refractivity contribution in [2.75, 3.05) is 45.1 Å². The van der Waals surface area contributed by atoms with Gasteiger partial charge in [-0.1, -0.05) is 37.3 Å². The number of amides is 1. The summed E-state index contributed by atoms with van der Waals surface area (Å²) >= 11 is 0. The maximum absolute atomic E-state index is 13.0. The Balaban J connectivity index is 1.27. The Kier molecular flexibility index (Phi) is 8.81. The number of nitrogens with one attached hydrogen (secondary N) is 3. The molecule has 4 heterocycles. The SMILES string of the molecule is CCc1nn(C)cc1Nc1ncc(C)c(-c2c[nH]c3c(C[C@H](CNC(=O)c4ccccc4O)N4CCN(C)CC4)cccc23)n1. The van der Waals surface area contributed by atoms with Crippen molar-refractivity contribution in [2.24, 2.45) is 7.05 Å². The summed E-state index contributed by atoms with van der Waals surface area (Å²) in [5, 5.41) is 22.3. The first-order chi connectivity index (χ1) is 21.8. The van der Waals surface area contributed by atoms with Gasteiger partial charge < -0.3 is 25.6 Å². The molecule has 3 aromatic heterocycles. The second-order valence-electron chi connectivity index (χ2n) is 11.8. The Bertz CT molecular complexity index is 1800. The van der Waals surface area contributed by atoms with Crippen LogP contribution in [-0.4, -0.2) is 91.4 Å². The van der Waals surface area contributed by atoms with Crippen molar-refractivity contribution in [1.29, 1.82) is 0 Å². The molecule has 234 valence electrons. The number of aryl methyl sites for hydroxylation is 3. The van der Waals surface area contributed by atoms with Crippen LogP contribution in [0.2, 0.25) is 0 Å². The zero-order valence-electron chi connectivity index (χ0n) is 26.3. The molecule has 5 aromatic rings. The fraction of sp³-hybridized carbons (Fsp3) is 0.353. The molecule has 1 aliphatic heterocycles. The van der Waals surface area contributed by atoms with Crippen molar-refractivity contribution in [3.63, 3.8) is 0 Å². The smallest absolute Gasteiger partial charge is 0.255 e. The number of hydrogen-bond acceptors (Lipinski definition) is 8. The minimum atomic E-state index is -0.270. The van der Waals surface area contributed by atoms with E-state index in [9.17, 15) is 9.90 Å². The summed E-state index contributed by atoms with van der Waals surface area (Å²) in [6, 6.07) is 13.1. The highest BCUT2D eigenvalue weighted by molar-refractivity contribution is 5.97. The van der Waals surface area contributed by atoms with Crippen LogP contribution in [0.3, 0.4) is 0 Å². The van der Waals surface area contributed by atoms with Crippen molar-refractivity contribution in [3.8, 4) is 17.0 Å². The third kappa shape index (κ3) is 6.54. The van der Waals surface area contributed by atoms with Crippen LogP contribution in [0.1, 0.15) is 34.1 Å². The van der Waals surface area contributed by atoms with Crippen LogP contribution in [0.5, 0.6) is 5.75 Å². The number of hydrogen-bond donors (Lipinski definition) is 4. The molecule has 0 spiro atoms. The lowest BCUT2D eigenvalue weighted by Gasteiger charge is -2.38. The second-order valence-corrected chi connectivity index (χ2v) is 11.8. The van der Waals surface area contributed by atoms with E-state index in [1.807, 2.05) is 32.6 Å². The lowest BCUT2D eigenvalue weighted by Crippen LogP contribution is -2.53. The van der Waals surface area contributed by atoms with E-state index >= 15 is 0 Å². The van der Waals surface area contributed by atoms with Crippen molar-refractivity contribution in [3.05, 3.63) is 83.4 Å². The average molecular weight is 608 g/mol. The highest BCUT2D eigenvalue weighted by Gasteiger charge is 2.25. The van der Waals surface area contributed by atoms with Crippen LogP contribution in [0.15, 0.2) is 61.1 Å². The number of aromatic nitrogens is 5. The Morgan fingerprint density at radius 3 is 2.67 bits per heavy atom. The number of fused-ring (bicyclic) bond motifs is 1. The molecular weight excluding hydrogens is 566 g/mol. The normalized spacial score (nSPS) is 14.9. The molecule has 0 radical (unpaired) electrons. The number of likely N-dealkylation sites (N-methyl/N-ethyl adjacent to an activating group) is 1. The van der Waals surface area contributed by atoms with Gasteiger partial charge in [0.15, 0.2) is 0 Å². The fourth-order valence-corrected chi connectivity index (χ4v) is 6.12. The minimum absolute atomic E-state index is 0.0144. The van der Waals surface area contributed by atoms with Gasteiger partial charge in [0, 0.05) is 80.9 Å². The van der Waals surface area contributed by atoms with E-state index in [-0.39, 0.29) is 23.3 Å². The van der Waals surface area contributed by atoms with Gasteiger partial charge in [0.1, 0.15) is 5.75 Å². The Morgan fingerprint density at radius 1 is 1.09 bits per heavy atom. The van der Waals surface area contributed by atoms with Crippen molar-refractivity contribution < 1.29 is 9.90 Å². The van der Waals surface area contributed by atoms with Gasteiger partial charge in [-0.15, -0.1) is 0 Å². The van der Waals surface area contributed by atoms with Gasteiger partial charge in [-0.25, -0.2) is 9.97 Å². The zero-order chi connectivity index (χ0) is 31.5. The number of aromatic amines is 1. The molecule has 1 amide bonds. The van der Waals surface area contributed by atoms with Gasteiger partial charge >= 0.3 is 0 Å². The first-order valence-corrected chi connectivity index (χ1v) is 15.5. The molecule has 0 aliphatic carbocycles. The van der Waals surface area contributed by atoms with Gasteiger partial charge in [0.2, 0.25) is 5.95 Å². The average Bonchev–Trinajstić information content (AvgIpc) is 3.63. The molecule has 11 nitrogen and oxygen atoms in total. The van der Waals surface area contributed by atoms with Crippen LogP contribution < -0.4 is 10.6 Å². The van der Waals surface area contributed by atoms with Gasteiger partial charge in [0.25, 0.3) is 5.91 Å². The number of para-hydroxylation sites is 2. The number of H-pyrrole nitrogens is 1. The van der Waals surface area contributed by atoms with Gasteiger partial charge in [-0.3, -0.25) is 14.4 Å². The number of benzene rings is 2. The number of aromatic hydroxyl groups is 1.